The number of unbranched alkanes of at least 4 members (excludes halogenated alkanes) is 8. The lowest BCUT2D eigenvalue weighted by Gasteiger charge is -2.26. The molecule has 6 aromatic carbocycles. The molecule has 0 saturated carbocycles. The second-order valence-electron chi connectivity index (χ2n) is 31.8. The van der Waals surface area contributed by atoms with Crippen LogP contribution in [-0.2, 0) is 57.0 Å². The molecule has 4 aliphatic rings. The van der Waals surface area contributed by atoms with Gasteiger partial charge in [0.2, 0.25) is 6.29 Å². The van der Waals surface area contributed by atoms with E-state index in [-0.39, 0.29) is 70.7 Å². The van der Waals surface area contributed by atoms with Crippen molar-refractivity contribution in [1.82, 2.24) is 36.9 Å². The number of carboxylic acids is 1. The van der Waals surface area contributed by atoms with E-state index in [1.165, 1.54) is 49.4 Å². The third kappa shape index (κ3) is 46.1. The summed E-state index contributed by atoms with van der Waals surface area (Å²) in [6.07, 6.45) is 14.7. The van der Waals surface area contributed by atoms with Crippen LogP contribution in [0, 0.1) is 0 Å². The normalized spacial score (nSPS) is 12.7. The van der Waals surface area contributed by atoms with Crippen molar-refractivity contribution in [2.75, 3.05) is 79.0 Å². The van der Waals surface area contributed by atoms with E-state index in [0.717, 1.165) is 143 Å². The van der Waals surface area contributed by atoms with Crippen LogP contribution in [0.15, 0.2) is 151 Å². The number of nitrogens with zero attached hydrogens (tertiary/aromatic N) is 3. The largest absolute Gasteiger partial charge is 0.476 e. The molecule has 1 heterocycles. The highest BCUT2D eigenvalue weighted by Crippen LogP contribution is 2.47. The number of ether oxygens (including phenoxy) is 9. The first kappa shape index (κ1) is 117. The summed E-state index contributed by atoms with van der Waals surface area (Å²) in [6, 6.07) is 49.3. The van der Waals surface area contributed by atoms with Crippen LogP contribution in [0.2, 0.25) is 0 Å². The van der Waals surface area contributed by atoms with E-state index in [0.29, 0.717) is 72.1 Å². The molecule has 130 heavy (non-hydrogen) atoms. The number of carbonyl (C=O) groups is 9. The van der Waals surface area contributed by atoms with Gasteiger partial charge in [-0.25, -0.2) is 54.8 Å². The van der Waals surface area contributed by atoms with E-state index < -0.39 is 53.9 Å². The minimum atomic E-state index is -1.43. The number of likely N-dealkylation sites (tertiary alicyclic amines) is 1. The maximum Gasteiger partial charge on any atom is 0.427 e. The van der Waals surface area contributed by atoms with Crippen LogP contribution < -0.4 is 32.8 Å². The van der Waals surface area contributed by atoms with Crippen molar-refractivity contribution in [2.45, 2.75) is 275 Å². The lowest BCUT2D eigenvalue weighted by atomic mass is 9.98. The summed E-state index contributed by atoms with van der Waals surface area (Å²) in [5.41, 5.74) is 29.0. The molecule has 30 nitrogen and oxygen atoms in total. The average molecular weight is 1820 g/mol. The Morgan fingerprint density at radius 3 is 1.22 bits per heavy atom. The zero-order chi connectivity index (χ0) is 94.5. The molecule has 6 amide bonds. The van der Waals surface area contributed by atoms with Crippen molar-refractivity contribution < 1.29 is 101 Å². The molecule has 0 spiro atoms. The number of aliphatic carboxylic acids is 1. The van der Waals surface area contributed by atoms with Crippen LogP contribution in [0.5, 0.6) is 0 Å². The Balaban J connectivity index is 0.000000774. The smallest absolute Gasteiger partial charge is 0.427 e. The van der Waals surface area contributed by atoms with E-state index in [1.807, 2.05) is 161 Å². The maximum atomic E-state index is 12.1. The summed E-state index contributed by atoms with van der Waals surface area (Å²) in [7, 11) is 0. The van der Waals surface area contributed by atoms with Gasteiger partial charge in [-0.05, 0) is 207 Å². The number of hydrogen-bond acceptors (Lipinski definition) is 22. The topological polar surface area (TPSA) is 402 Å². The van der Waals surface area contributed by atoms with Crippen molar-refractivity contribution in [3.8, 4) is 33.4 Å². The van der Waals surface area contributed by atoms with Gasteiger partial charge in [0.15, 0.2) is 12.6 Å². The molecule has 0 bridgehead atoms. The zero-order valence-electron chi connectivity index (χ0n) is 77.9. The second-order valence-corrected chi connectivity index (χ2v) is 31.8. The average Bonchev–Trinajstić information content (AvgIpc) is 1.63. The van der Waals surface area contributed by atoms with Crippen molar-refractivity contribution in [2.24, 2.45) is 10.8 Å². The van der Waals surface area contributed by atoms with Gasteiger partial charge in [-0.1, -0.05) is 227 Å². The van der Waals surface area contributed by atoms with Crippen molar-refractivity contribution >= 4 is 61.3 Å². The van der Waals surface area contributed by atoms with Gasteiger partial charge in [0.1, 0.15) is 43.5 Å². The monoisotopic (exact) mass is 1820 g/mol. The molecule has 724 valence electrons. The number of hydrogen-bond donors (Lipinski definition) is 9. The number of hydrazone groups is 1. The predicted octanol–water partition coefficient (Wildman–Crippen LogP) is 20.6. The molecule has 10 N–H and O–H groups in total. The highest BCUT2D eigenvalue weighted by molar-refractivity contribution is 6.19. The number of aliphatic hydroxyl groups is 1. The van der Waals surface area contributed by atoms with Gasteiger partial charge < -0.3 is 73.8 Å². The maximum absolute atomic E-state index is 12.1. The minimum absolute atomic E-state index is 0. The molecule has 3 aliphatic carbocycles. The molecule has 1 atom stereocenters. The predicted molar refractivity (Wildman–Crippen MR) is 511 cm³/mol. The first-order valence-electron chi connectivity index (χ1n) is 45.1. The van der Waals surface area contributed by atoms with Crippen molar-refractivity contribution in [3.63, 3.8) is 0 Å². The van der Waals surface area contributed by atoms with Gasteiger partial charge in [0.25, 0.3) is 0 Å². The number of benzene rings is 6. The summed E-state index contributed by atoms with van der Waals surface area (Å²) in [6.45, 7) is 33.5. The third-order valence-electron chi connectivity index (χ3n) is 19.5. The Morgan fingerprint density at radius 2 is 0.869 bits per heavy atom. The fraction of sp³-hybridized carbons (Fsp3) is 0.540. The molecule has 30 heteroatoms. The highest BCUT2D eigenvalue weighted by atomic mass is 16.7. The van der Waals surface area contributed by atoms with Crippen molar-refractivity contribution in [3.05, 3.63) is 179 Å². The Kier molecular flexibility index (Phi) is 61.5. The van der Waals surface area contributed by atoms with Crippen LogP contribution >= 0.6 is 0 Å². The number of aldehydes is 2. The van der Waals surface area contributed by atoms with Crippen LogP contribution in [-0.4, -0.2) is 196 Å². The number of nitrogens with two attached hydrogens (primary N) is 1. The summed E-state index contributed by atoms with van der Waals surface area (Å²) in [4.78, 5) is 98.7. The van der Waals surface area contributed by atoms with Gasteiger partial charge in [-0.15, -0.1) is 0 Å². The Bertz CT molecular complexity index is 4070. The van der Waals surface area contributed by atoms with E-state index in [4.69, 9.17) is 63.1 Å². The van der Waals surface area contributed by atoms with Crippen LogP contribution in [0.3, 0.4) is 0 Å². The molecule has 0 aromatic heterocycles. The molecule has 1 fully saturated rings. The standard InChI is InChI=1S/C21H24N2O4.C20H24N2O2.C20H22N2O2.C13H27NO4.C9H17NO3.C8H19NO2.C5H10O.C2H2O3.2CH4/c1-2-3-8-13-23(21(25)26)22-20(24)27-14-19-17-11-6-4-9-15(17)16-10-5-7-12-18(16)19;2*1-2-3-8-13-21-22-20(23)24-14-19-17-11-6-4-9-15(17)16-10-5-7-12-18(16)19;1-6-16-11(17-7-2)9-8-10-14-12(15)18-13(3,4)5;1-9(2,3)13-8(12)10-6-4-5-7(10)11;1-3-10-8(11-4-2)6-5-7-9;1-2-3-4-5-6;3-1-2(4)5;;/h4-7,9-12,19H,2-3,8,13-14H2,1H3,(H,22,24)(H,25,26);4-7,9-12,19,21H,2-3,8,13-14H2,1H3,(H,22,23);4-7,9-13,19H,2-3,8,14H2,1H3,(H,22,23);11H,6-10H2,1-5H3,(H,14,15);7,11H,4-6H2,1-3H3;8H,3-7,9H2,1-2H3;5H,2-4H2,1H3;1H,(H,4,5);2*1H4/b;;21-13+;;;;;;;. The number of fused-ring (bicyclic) bond motifs is 9. The number of hydrazine groups is 2. The van der Waals surface area contributed by atoms with E-state index in [2.05, 4.69) is 114 Å². The zero-order valence-corrected chi connectivity index (χ0v) is 77.9. The van der Waals surface area contributed by atoms with E-state index in [9.17, 15) is 43.8 Å². The number of alkyl carbamates (subject to hydrolysis) is 1. The van der Waals surface area contributed by atoms with Gasteiger partial charge in [0.05, 0.1) is 0 Å². The van der Waals surface area contributed by atoms with Crippen LogP contribution in [0.4, 0.5) is 28.8 Å². The number of amides is 6. The lowest BCUT2D eigenvalue weighted by molar-refractivity contribution is -0.143. The molecule has 1 saturated heterocycles. The number of nitrogens with one attached hydrogen (secondary N) is 5. The molecule has 1 unspecified atom stereocenters. The molecule has 6 aromatic rings. The SMILES string of the molecule is C.C.CC(C)(C)OC(=O)N1CCCC1O.CCCC/C=N/NC(=O)OCC1c2ccccc2-c2ccccc21.CCCCC=O.CCCCCN(NC(=O)OCC1c2ccccc2-c2ccccc21)C(=O)O.CCCCCNNC(=O)OCC1c2ccccc2-c2ccccc21.CCOC(CCCN)OCC.CCOC(CCCNC(=O)OC(C)(C)C)OCC.O=CC(=O)O. The molecule has 10 rings (SSSR count). The van der Waals surface area contributed by atoms with Gasteiger partial charge in [-0.2, -0.15) is 5.10 Å². The third-order valence-corrected chi connectivity index (χ3v) is 19.5. The fourth-order valence-electron chi connectivity index (χ4n) is 13.6. The van der Waals surface area contributed by atoms with Gasteiger partial charge >= 0.3 is 42.5 Å². The molecular formula is C100H153N9O21. The highest BCUT2D eigenvalue weighted by Gasteiger charge is 2.34. The summed E-state index contributed by atoms with van der Waals surface area (Å²) in [5, 5.41) is 33.4. The molecule has 0 radical (unpaired) electrons. The summed E-state index contributed by atoms with van der Waals surface area (Å²) in [5.74, 6) is -1.30. The Morgan fingerprint density at radius 1 is 0.492 bits per heavy atom. The van der Waals surface area contributed by atoms with Crippen LogP contribution in [0.25, 0.3) is 33.4 Å². The molecular weight excluding hydrogens is 1660 g/mol. The minimum Gasteiger partial charge on any atom is -0.476 e. The quantitative estimate of drug-likeness (QED) is 0.00331. The summed E-state index contributed by atoms with van der Waals surface area (Å²) < 4.78 is 47.9. The Labute approximate surface area is 772 Å². The van der Waals surface area contributed by atoms with Gasteiger partial charge in [-0.3, -0.25) is 15.1 Å². The number of carboxylic acid groups (broad SMARTS) is 2. The number of rotatable bonds is 38. The number of carbonyl (C=O) groups excluding carboxylic acids is 7. The van der Waals surface area contributed by atoms with E-state index >= 15 is 0 Å². The summed E-state index contributed by atoms with van der Waals surface area (Å²) >= 11 is 0. The van der Waals surface area contributed by atoms with Crippen molar-refractivity contribution in [1.29, 1.82) is 0 Å². The first-order valence-corrected chi connectivity index (χ1v) is 45.1. The van der Waals surface area contributed by atoms with E-state index in [1.54, 1.807) is 6.21 Å². The van der Waals surface area contributed by atoms with Crippen LogP contribution in [0.1, 0.15) is 278 Å². The first-order chi connectivity index (χ1) is 61.5. The second kappa shape index (κ2) is 68.2. The molecule has 1 aliphatic heterocycles. The van der Waals surface area contributed by atoms with Gasteiger partial charge in [0, 0.05) is 89.4 Å². The Hall–Kier alpha value is -10.9. The number of aliphatic hydroxyl groups excluding tert-OH is 1. The fourth-order valence-corrected chi connectivity index (χ4v) is 13.6. The lowest BCUT2D eigenvalue weighted by Crippen LogP contribution is -2.46.